The second kappa shape index (κ2) is 7.61. The second-order valence-corrected chi connectivity index (χ2v) is 6.21. The minimum Gasteiger partial charge on any atom is -0.492 e. The summed E-state index contributed by atoms with van der Waals surface area (Å²) in [5.41, 5.74) is 1.19. The lowest BCUT2D eigenvalue weighted by Gasteiger charge is -2.13. The van der Waals surface area contributed by atoms with E-state index in [1.807, 2.05) is 37.4 Å². The molecule has 1 N–H and O–H groups in total. The minimum absolute atomic E-state index is 0.464. The first-order valence-electron chi connectivity index (χ1n) is 7.19. The molecular weight excluding hydrogens is 330 g/mol. The average molecular weight is 352 g/mol. The van der Waals surface area contributed by atoms with Gasteiger partial charge in [0.25, 0.3) is 0 Å². The van der Waals surface area contributed by atoms with Crippen molar-refractivity contribution in [2.75, 3.05) is 6.61 Å². The van der Waals surface area contributed by atoms with E-state index in [4.69, 9.17) is 4.74 Å². The van der Waals surface area contributed by atoms with Gasteiger partial charge < -0.3 is 14.6 Å². The van der Waals surface area contributed by atoms with E-state index in [9.17, 15) is 0 Å². The number of nitrogens with zero attached hydrogens (tertiary/aromatic N) is 2. The Bertz CT molecular complexity index is 581. The van der Waals surface area contributed by atoms with Crippen molar-refractivity contribution >= 4 is 15.9 Å². The van der Waals surface area contributed by atoms with E-state index >= 15 is 0 Å². The molecule has 21 heavy (non-hydrogen) atoms. The van der Waals surface area contributed by atoms with Crippen molar-refractivity contribution < 1.29 is 4.74 Å². The topological polar surface area (TPSA) is 39.1 Å². The molecule has 1 aromatic carbocycles. The summed E-state index contributed by atoms with van der Waals surface area (Å²) in [6.07, 6.45) is 1.93. The summed E-state index contributed by atoms with van der Waals surface area (Å²) in [5.74, 6) is 1.90. The van der Waals surface area contributed by atoms with Gasteiger partial charge in [-0.15, -0.1) is 0 Å². The molecule has 0 fully saturated rings. The van der Waals surface area contributed by atoms with Crippen LogP contribution in [-0.2, 0) is 13.1 Å². The third-order valence-corrected chi connectivity index (χ3v) is 3.70. The zero-order chi connectivity index (χ0) is 15.2. The number of aromatic nitrogens is 2. The van der Waals surface area contributed by atoms with Gasteiger partial charge in [-0.05, 0) is 25.1 Å². The van der Waals surface area contributed by atoms with Crippen LogP contribution in [0, 0.1) is 6.92 Å². The van der Waals surface area contributed by atoms with Gasteiger partial charge in [0, 0.05) is 23.3 Å². The summed E-state index contributed by atoms with van der Waals surface area (Å²) < 4.78 is 9.03. The number of imidazole rings is 1. The van der Waals surface area contributed by atoms with Gasteiger partial charge in [0.05, 0.1) is 12.2 Å². The Morgan fingerprint density at radius 1 is 1.38 bits per heavy atom. The van der Waals surface area contributed by atoms with Gasteiger partial charge in [0.15, 0.2) is 0 Å². The Morgan fingerprint density at radius 3 is 2.90 bits per heavy atom. The molecule has 1 heterocycles. The van der Waals surface area contributed by atoms with Crippen LogP contribution < -0.4 is 10.1 Å². The maximum Gasteiger partial charge on any atom is 0.120 e. The number of aryl methyl sites for hydroxylation is 1. The molecule has 0 spiro atoms. The summed E-state index contributed by atoms with van der Waals surface area (Å²) >= 11 is 3.45. The number of hydrogen-bond donors (Lipinski definition) is 1. The first-order chi connectivity index (χ1) is 10.1. The quantitative estimate of drug-likeness (QED) is 0.829. The number of benzene rings is 1. The first kappa shape index (κ1) is 16.0. The van der Waals surface area contributed by atoms with Crippen LogP contribution in [-0.4, -0.2) is 22.2 Å². The molecule has 0 atom stereocenters. The van der Waals surface area contributed by atoms with E-state index < -0.39 is 0 Å². The monoisotopic (exact) mass is 351 g/mol. The lowest BCUT2D eigenvalue weighted by Crippen LogP contribution is -2.24. The summed E-state index contributed by atoms with van der Waals surface area (Å²) in [5, 5.41) is 3.42. The Labute approximate surface area is 134 Å². The van der Waals surface area contributed by atoms with Crippen molar-refractivity contribution in [3.05, 3.63) is 46.5 Å². The van der Waals surface area contributed by atoms with E-state index in [2.05, 4.69) is 44.6 Å². The summed E-state index contributed by atoms with van der Waals surface area (Å²) in [7, 11) is 0. The molecule has 0 unspecified atom stereocenters. The third-order valence-electron chi connectivity index (χ3n) is 3.21. The fourth-order valence-corrected chi connectivity index (χ4v) is 2.46. The van der Waals surface area contributed by atoms with Crippen LogP contribution in [0.4, 0.5) is 0 Å². The molecule has 5 heteroatoms. The van der Waals surface area contributed by atoms with Crippen LogP contribution in [0.5, 0.6) is 5.75 Å². The van der Waals surface area contributed by atoms with Gasteiger partial charge in [-0.1, -0.05) is 35.8 Å². The van der Waals surface area contributed by atoms with E-state index in [1.165, 1.54) is 5.69 Å². The molecule has 0 aliphatic rings. The van der Waals surface area contributed by atoms with Crippen LogP contribution in [0.1, 0.15) is 25.4 Å². The molecule has 0 bridgehead atoms. The smallest absolute Gasteiger partial charge is 0.120 e. The van der Waals surface area contributed by atoms with Crippen molar-refractivity contribution in [3.63, 3.8) is 0 Å². The third kappa shape index (κ3) is 4.86. The van der Waals surface area contributed by atoms with Gasteiger partial charge in [-0.3, -0.25) is 0 Å². The minimum atomic E-state index is 0.464. The van der Waals surface area contributed by atoms with E-state index in [-0.39, 0.29) is 0 Å². The fraction of sp³-hybridized carbons (Fsp3) is 0.438. The van der Waals surface area contributed by atoms with Crippen LogP contribution in [0.3, 0.4) is 0 Å². The molecule has 114 valence electrons. The first-order valence-corrected chi connectivity index (χ1v) is 7.98. The van der Waals surface area contributed by atoms with Gasteiger partial charge in [0.2, 0.25) is 0 Å². The molecule has 0 aliphatic heterocycles. The summed E-state index contributed by atoms with van der Waals surface area (Å²) in [6.45, 7) is 8.57. The maximum absolute atomic E-state index is 5.80. The van der Waals surface area contributed by atoms with Crippen LogP contribution >= 0.6 is 15.9 Å². The van der Waals surface area contributed by atoms with Gasteiger partial charge in [0.1, 0.15) is 18.2 Å². The highest BCUT2D eigenvalue weighted by molar-refractivity contribution is 9.10. The lowest BCUT2D eigenvalue weighted by atomic mass is 10.3. The van der Waals surface area contributed by atoms with E-state index in [0.29, 0.717) is 12.6 Å². The molecule has 2 rings (SSSR count). The number of hydrogen-bond acceptors (Lipinski definition) is 3. The van der Waals surface area contributed by atoms with Crippen molar-refractivity contribution in [2.24, 2.45) is 0 Å². The highest BCUT2D eigenvalue weighted by atomic mass is 79.9. The zero-order valence-corrected chi connectivity index (χ0v) is 14.4. The highest BCUT2D eigenvalue weighted by Gasteiger charge is 2.07. The average Bonchev–Trinajstić information content (AvgIpc) is 2.78. The van der Waals surface area contributed by atoms with Crippen LogP contribution in [0.15, 0.2) is 34.9 Å². The van der Waals surface area contributed by atoms with Gasteiger partial charge in [-0.2, -0.15) is 0 Å². The fourth-order valence-electron chi connectivity index (χ4n) is 2.08. The number of nitrogens with one attached hydrogen (secondary N) is 1. The summed E-state index contributed by atoms with van der Waals surface area (Å²) in [4.78, 5) is 4.39. The van der Waals surface area contributed by atoms with Crippen LogP contribution in [0.25, 0.3) is 0 Å². The molecule has 1 aromatic heterocycles. The Hall–Kier alpha value is -1.33. The zero-order valence-electron chi connectivity index (χ0n) is 12.8. The normalized spacial score (nSPS) is 11.1. The lowest BCUT2D eigenvalue weighted by molar-refractivity contribution is 0.294. The van der Waals surface area contributed by atoms with E-state index in [1.54, 1.807) is 0 Å². The number of ether oxygens (including phenoxy) is 1. The van der Waals surface area contributed by atoms with Crippen molar-refractivity contribution in [1.29, 1.82) is 0 Å². The van der Waals surface area contributed by atoms with E-state index in [0.717, 1.165) is 29.1 Å². The molecule has 0 saturated heterocycles. The standard InChI is InChI=1S/C16H22BrN3O/c1-12(2)18-10-15-11-19-13(3)20(15)7-8-21-16-6-4-5-14(17)9-16/h4-6,9,11-12,18H,7-8,10H2,1-3H3. The second-order valence-electron chi connectivity index (χ2n) is 5.29. The van der Waals surface area contributed by atoms with Gasteiger partial charge in [-0.25, -0.2) is 4.98 Å². The predicted octanol–water partition coefficient (Wildman–Crippen LogP) is 3.53. The largest absolute Gasteiger partial charge is 0.492 e. The SMILES string of the molecule is Cc1ncc(CNC(C)C)n1CCOc1cccc(Br)c1. The Balaban J connectivity index is 1.92. The van der Waals surface area contributed by atoms with Gasteiger partial charge >= 0.3 is 0 Å². The molecular formula is C16H22BrN3O. The highest BCUT2D eigenvalue weighted by Crippen LogP contribution is 2.17. The Morgan fingerprint density at radius 2 is 2.19 bits per heavy atom. The Kier molecular flexibility index (Phi) is 5.82. The number of rotatable bonds is 7. The maximum atomic E-state index is 5.80. The molecule has 0 saturated carbocycles. The van der Waals surface area contributed by atoms with Crippen LogP contribution in [0.2, 0.25) is 0 Å². The molecule has 4 nitrogen and oxygen atoms in total. The van der Waals surface area contributed by atoms with Crippen molar-refractivity contribution in [1.82, 2.24) is 14.9 Å². The molecule has 2 aromatic rings. The molecule has 0 amide bonds. The van der Waals surface area contributed by atoms with Crippen molar-refractivity contribution in [3.8, 4) is 5.75 Å². The summed E-state index contributed by atoms with van der Waals surface area (Å²) in [6, 6.07) is 8.36. The number of halogens is 1. The predicted molar refractivity (Wildman–Crippen MR) is 88.6 cm³/mol. The molecule has 0 aliphatic carbocycles. The molecule has 0 radical (unpaired) electrons. The van der Waals surface area contributed by atoms with Crippen molar-refractivity contribution in [2.45, 2.75) is 39.9 Å².